The Hall–Kier alpha value is 0.170. The van der Waals surface area contributed by atoms with E-state index in [1.54, 1.807) is 0 Å². The summed E-state index contributed by atoms with van der Waals surface area (Å²) < 4.78 is 0. The van der Waals surface area contributed by atoms with Crippen molar-refractivity contribution in [1.82, 2.24) is 15.1 Å². The van der Waals surface area contributed by atoms with Gasteiger partial charge in [0.05, 0.1) is 0 Å². The van der Waals surface area contributed by atoms with Crippen molar-refractivity contribution < 1.29 is 0 Å². The Balaban J connectivity index is 0.00000120. The summed E-state index contributed by atoms with van der Waals surface area (Å²) in [6, 6.07) is 1.77. The van der Waals surface area contributed by atoms with Gasteiger partial charge in [-0.1, -0.05) is 6.92 Å². The molecule has 0 radical (unpaired) electrons. The van der Waals surface area contributed by atoms with E-state index < -0.39 is 0 Å². The van der Waals surface area contributed by atoms with Gasteiger partial charge in [-0.05, 0) is 44.7 Å². The first-order chi connectivity index (χ1) is 8.16. The fraction of sp³-hybridized carbons (Fsp3) is 1.00. The van der Waals surface area contributed by atoms with Crippen molar-refractivity contribution in [2.24, 2.45) is 5.41 Å². The lowest BCUT2D eigenvalue weighted by Gasteiger charge is -2.33. The van der Waals surface area contributed by atoms with Crippen LogP contribution in [0.2, 0.25) is 0 Å². The van der Waals surface area contributed by atoms with Gasteiger partial charge in [0.1, 0.15) is 0 Å². The van der Waals surface area contributed by atoms with Gasteiger partial charge in [-0.3, -0.25) is 4.90 Å². The third kappa shape index (κ3) is 3.19. The van der Waals surface area contributed by atoms with E-state index in [1.165, 1.54) is 58.4 Å². The summed E-state index contributed by atoms with van der Waals surface area (Å²) in [7, 11) is 2.34. The lowest BCUT2D eigenvalue weighted by Crippen LogP contribution is -2.42. The van der Waals surface area contributed by atoms with Crippen LogP contribution in [-0.4, -0.2) is 61.7 Å². The van der Waals surface area contributed by atoms with E-state index in [9.17, 15) is 0 Å². The molecule has 1 N–H and O–H groups in total. The lowest BCUT2D eigenvalue weighted by atomic mass is 9.89. The van der Waals surface area contributed by atoms with Gasteiger partial charge in [0.15, 0.2) is 0 Å². The molecular weight excluding hydrogens is 246 g/mol. The van der Waals surface area contributed by atoms with Crippen LogP contribution in [0.4, 0.5) is 0 Å². The normalized spacial score (nSPS) is 37.2. The number of nitrogens with zero attached hydrogens (tertiary/aromatic N) is 2. The predicted octanol–water partition coefficient (Wildman–Crippen LogP) is 1.58. The van der Waals surface area contributed by atoms with Gasteiger partial charge in [0, 0.05) is 38.3 Å². The molecule has 2 aliphatic heterocycles. The Morgan fingerprint density at radius 3 is 2.72 bits per heavy atom. The Bertz CT molecular complexity index is 274. The molecular formula is C14H28ClN3. The Labute approximate surface area is 118 Å². The number of likely N-dealkylation sites (N-methyl/N-ethyl adjacent to an activating group) is 1. The SMILES string of the molecule is CN(CC1(C)CCNC1)C1CCN(C2CC2)C1.Cl. The average Bonchev–Trinajstić information content (AvgIpc) is 2.87. The molecule has 2 unspecified atom stereocenters. The highest BCUT2D eigenvalue weighted by Crippen LogP contribution is 2.32. The van der Waals surface area contributed by atoms with E-state index in [4.69, 9.17) is 0 Å². The van der Waals surface area contributed by atoms with Crippen LogP contribution < -0.4 is 5.32 Å². The van der Waals surface area contributed by atoms with Crippen molar-refractivity contribution in [3.05, 3.63) is 0 Å². The maximum absolute atomic E-state index is 3.51. The molecule has 4 heteroatoms. The topological polar surface area (TPSA) is 18.5 Å². The summed E-state index contributed by atoms with van der Waals surface area (Å²) in [6.07, 6.45) is 5.64. The summed E-state index contributed by atoms with van der Waals surface area (Å²) in [5.41, 5.74) is 0.516. The number of rotatable bonds is 4. The first-order valence-electron chi connectivity index (χ1n) is 7.31. The molecule has 0 bridgehead atoms. The minimum atomic E-state index is 0. The molecule has 1 saturated carbocycles. The van der Waals surface area contributed by atoms with Gasteiger partial charge < -0.3 is 10.2 Å². The Morgan fingerprint density at radius 2 is 2.11 bits per heavy atom. The van der Waals surface area contributed by atoms with Gasteiger partial charge in [0.2, 0.25) is 0 Å². The third-order valence-electron chi connectivity index (χ3n) is 4.97. The molecule has 0 aromatic heterocycles. The molecule has 3 rings (SSSR count). The second-order valence-electron chi connectivity index (χ2n) is 6.82. The quantitative estimate of drug-likeness (QED) is 0.839. The zero-order valence-electron chi connectivity index (χ0n) is 11.8. The van der Waals surface area contributed by atoms with Crippen molar-refractivity contribution >= 4 is 12.4 Å². The number of halogens is 1. The third-order valence-corrected chi connectivity index (χ3v) is 4.97. The zero-order valence-corrected chi connectivity index (χ0v) is 12.6. The molecule has 1 aliphatic carbocycles. The van der Waals surface area contributed by atoms with Gasteiger partial charge in [-0.25, -0.2) is 0 Å². The summed E-state index contributed by atoms with van der Waals surface area (Å²) >= 11 is 0. The fourth-order valence-electron chi connectivity index (χ4n) is 3.63. The van der Waals surface area contributed by atoms with Crippen LogP contribution in [-0.2, 0) is 0 Å². The van der Waals surface area contributed by atoms with E-state index >= 15 is 0 Å². The van der Waals surface area contributed by atoms with Crippen molar-refractivity contribution in [3.8, 4) is 0 Å². The molecule has 0 aromatic rings. The maximum Gasteiger partial charge on any atom is 0.0232 e. The number of hydrogen-bond donors (Lipinski definition) is 1. The second kappa shape index (κ2) is 5.66. The first-order valence-corrected chi connectivity index (χ1v) is 7.31. The van der Waals surface area contributed by atoms with Gasteiger partial charge in [-0.15, -0.1) is 12.4 Å². The molecule has 3 aliphatic rings. The van der Waals surface area contributed by atoms with E-state index in [2.05, 4.69) is 29.1 Å². The molecule has 0 spiro atoms. The van der Waals surface area contributed by atoms with Gasteiger partial charge in [0.25, 0.3) is 0 Å². The average molecular weight is 274 g/mol. The van der Waals surface area contributed by atoms with Crippen molar-refractivity contribution in [1.29, 1.82) is 0 Å². The summed E-state index contributed by atoms with van der Waals surface area (Å²) in [5.74, 6) is 0. The maximum atomic E-state index is 3.51. The fourth-order valence-corrected chi connectivity index (χ4v) is 3.63. The highest BCUT2D eigenvalue weighted by atomic mass is 35.5. The van der Waals surface area contributed by atoms with E-state index in [0.717, 1.165) is 12.1 Å². The molecule has 18 heavy (non-hydrogen) atoms. The van der Waals surface area contributed by atoms with E-state index in [-0.39, 0.29) is 12.4 Å². The number of nitrogens with one attached hydrogen (secondary N) is 1. The lowest BCUT2D eigenvalue weighted by molar-refractivity contribution is 0.158. The summed E-state index contributed by atoms with van der Waals surface area (Å²) in [4.78, 5) is 5.35. The molecule has 2 atom stereocenters. The van der Waals surface area contributed by atoms with Crippen LogP contribution in [0.5, 0.6) is 0 Å². The molecule has 0 aromatic carbocycles. The smallest absolute Gasteiger partial charge is 0.0232 e. The number of likely N-dealkylation sites (tertiary alicyclic amines) is 1. The standard InChI is InChI=1S/C14H27N3.ClH/c1-14(6-7-15-10-14)11-16(2)13-5-8-17(9-13)12-3-4-12;/h12-13,15H,3-11H2,1-2H3;1H. The highest BCUT2D eigenvalue weighted by molar-refractivity contribution is 5.85. The van der Waals surface area contributed by atoms with Crippen molar-refractivity contribution in [2.75, 3.05) is 39.8 Å². The van der Waals surface area contributed by atoms with Crippen LogP contribution in [0, 0.1) is 5.41 Å². The second-order valence-corrected chi connectivity index (χ2v) is 6.82. The first kappa shape index (κ1) is 14.6. The predicted molar refractivity (Wildman–Crippen MR) is 78.5 cm³/mol. The highest BCUT2D eigenvalue weighted by Gasteiger charge is 2.37. The zero-order chi connectivity index (χ0) is 11.9. The van der Waals surface area contributed by atoms with Crippen LogP contribution in [0.15, 0.2) is 0 Å². The minimum Gasteiger partial charge on any atom is -0.316 e. The van der Waals surface area contributed by atoms with E-state index in [1.807, 2.05) is 0 Å². The van der Waals surface area contributed by atoms with Gasteiger partial charge in [-0.2, -0.15) is 0 Å². The minimum absolute atomic E-state index is 0. The molecule has 0 amide bonds. The van der Waals surface area contributed by atoms with Crippen molar-refractivity contribution in [2.45, 2.75) is 44.7 Å². The Morgan fingerprint density at radius 1 is 1.33 bits per heavy atom. The van der Waals surface area contributed by atoms with Crippen LogP contribution >= 0.6 is 12.4 Å². The summed E-state index contributed by atoms with van der Waals surface area (Å²) in [5, 5.41) is 3.51. The van der Waals surface area contributed by atoms with Crippen LogP contribution in [0.3, 0.4) is 0 Å². The molecule has 3 nitrogen and oxygen atoms in total. The van der Waals surface area contributed by atoms with Crippen LogP contribution in [0.1, 0.15) is 32.6 Å². The number of hydrogen-bond acceptors (Lipinski definition) is 3. The van der Waals surface area contributed by atoms with E-state index in [0.29, 0.717) is 5.41 Å². The molecule has 106 valence electrons. The molecule has 3 fully saturated rings. The Kier molecular flexibility index (Phi) is 4.58. The molecule has 2 saturated heterocycles. The largest absolute Gasteiger partial charge is 0.316 e. The monoisotopic (exact) mass is 273 g/mol. The van der Waals surface area contributed by atoms with Gasteiger partial charge >= 0.3 is 0 Å². The molecule has 2 heterocycles. The van der Waals surface area contributed by atoms with Crippen molar-refractivity contribution in [3.63, 3.8) is 0 Å². The summed E-state index contributed by atoms with van der Waals surface area (Å²) in [6.45, 7) is 8.79. The van der Waals surface area contributed by atoms with Crippen LogP contribution in [0.25, 0.3) is 0 Å².